The maximum absolute atomic E-state index is 12.9. The van der Waals surface area contributed by atoms with Crippen molar-refractivity contribution in [2.24, 2.45) is 5.92 Å². The molecule has 0 saturated carbocycles. The fraction of sp³-hybridized carbons (Fsp3) is 0.440. The highest BCUT2D eigenvalue weighted by Crippen LogP contribution is 2.36. The Morgan fingerprint density at radius 2 is 1.73 bits per heavy atom. The minimum absolute atomic E-state index is 0.0560. The van der Waals surface area contributed by atoms with Crippen molar-refractivity contribution in [1.29, 1.82) is 0 Å². The smallest absolute Gasteiger partial charge is 0.227 e. The Kier molecular flexibility index (Phi) is 6.46. The summed E-state index contributed by atoms with van der Waals surface area (Å²) in [5, 5.41) is 3.06. The highest BCUT2D eigenvalue weighted by molar-refractivity contribution is 6.00. The maximum atomic E-state index is 12.9. The summed E-state index contributed by atoms with van der Waals surface area (Å²) in [6.45, 7) is 6.02. The molecule has 5 rings (SSSR count). The van der Waals surface area contributed by atoms with Crippen molar-refractivity contribution in [3.8, 4) is 11.5 Å². The van der Waals surface area contributed by atoms with Crippen LogP contribution in [0.25, 0.3) is 0 Å². The van der Waals surface area contributed by atoms with Gasteiger partial charge in [0.2, 0.25) is 11.8 Å². The van der Waals surface area contributed by atoms with E-state index in [0.717, 1.165) is 44.1 Å². The Bertz CT molecular complexity index is 1020. The third-order valence-electron chi connectivity index (χ3n) is 6.40. The Labute approximate surface area is 193 Å². The van der Waals surface area contributed by atoms with Crippen molar-refractivity contribution in [2.45, 2.75) is 19.5 Å². The van der Waals surface area contributed by atoms with E-state index in [1.54, 1.807) is 4.90 Å². The molecule has 0 aromatic heterocycles. The van der Waals surface area contributed by atoms with Crippen LogP contribution in [0.3, 0.4) is 0 Å². The largest absolute Gasteiger partial charge is 0.486 e. The number of nitrogens with one attached hydrogen (secondary N) is 1. The molecular formula is C25H29N3O5. The molecule has 0 unspecified atom stereocenters. The van der Waals surface area contributed by atoms with Crippen LogP contribution in [0.15, 0.2) is 42.5 Å². The summed E-state index contributed by atoms with van der Waals surface area (Å²) in [4.78, 5) is 29.6. The summed E-state index contributed by atoms with van der Waals surface area (Å²) in [5.74, 6) is 0.791. The van der Waals surface area contributed by atoms with Crippen LogP contribution in [-0.2, 0) is 27.4 Å². The van der Waals surface area contributed by atoms with Crippen molar-refractivity contribution >= 4 is 17.5 Å². The third-order valence-corrected chi connectivity index (χ3v) is 6.40. The highest BCUT2D eigenvalue weighted by atomic mass is 16.6. The van der Waals surface area contributed by atoms with Gasteiger partial charge in [0.15, 0.2) is 11.5 Å². The predicted molar refractivity (Wildman–Crippen MR) is 122 cm³/mol. The molecular weight excluding hydrogens is 422 g/mol. The van der Waals surface area contributed by atoms with E-state index in [0.29, 0.717) is 37.8 Å². The van der Waals surface area contributed by atoms with E-state index in [4.69, 9.17) is 14.2 Å². The topological polar surface area (TPSA) is 80.3 Å². The lowest BCUT2D eigenvalue weighted by atomic mass is 10.1. The van der Waals surface area contributed by atoms with Crippen molar-refractivity contribution in [2.75, 3.05) is 51.0 Å². The van der Waals surface area contributed by atoms with Gasteiger partial charge in [-0.15, -0.1) is 0 Å². The summed E-state index contributed by atoms with van der Waals surface area (Å²) >= 11 is 0. The molecule has 2 saturated heterocycles. The fourth-order valence-electron chi connectivity index (χ4n) is 4.54. The minimum Gasteiger partial charge on any atom is -0.486 e. The third kappa shape index (κ3) is 4.96. The number of morpholine rings is 1. The molecule has 2 fully saturated rings. The quantitative estimate of drug-likeness (QED) is 0.723. The lowest BCUT2D eigenvalue weighted by Gasteiger charge is -2.27. The number of rotatable bonds is 6. The molecule has 3 aliphatic rings. The first-order valence-electron chi connectivity index (χ1n) is 11.5. The molecule has 1 N–H and O–H groups in total. The molecule has 33 heavy (non-hydrogen) atoms. The number of fused-ring (bicyclic) bond motifs is 1. The zero-order valence-electron chi connectivity index (χ0n) is 18.6. The molecule has 2 aromatic carbocycles. The molecule has 2 amide bonds. The first-order valence-corrected chi connectivity index (χ1v) is 11.5. The van der Waals surface area contributed by atoms with Gasteiger partial charge in [0.25, 0.3) is 0 Å². The average Bonchev–Trinajstić information content (AvgIpc) is 3.25. The highest BCUT2D eigenvalue weighted by Gasteiger charge is 2.35. The lowest BCUT2D eigenvalue weighted by Crippen LogP contribution is -2.36. The van der Waals surface area contributed by atoms with Crippen LogP contribution in [0.4, 0.5) is 5.69 Å². The van der Waals surface area contributed by atoms with Gasteiger partial charge in [-0.3, -0.25) is 14.5 Å². The SMILES string of the molecule is O=C(NCc1ccccc1CN1CCOCC1)[C@@H]1CC(=O)N(c2ccc3c(c2)OCCO3)C1. The van der Waals surface area contributed by atoms with Crippen LogP contribution in [0.2, 0.25) is 0 Å². The van der Waals surface area contributed by atoms with Crippen LogP contribution < -0.4 is 19.7 Å². The van der Waals surface area contributed by atoms with Crippen LogP contribution in [0.1, 0.15) is 17.5 Å². The van der Waals surface area contributed by atoms with Gasteiger partial charge in [-0.25, -0.2) is 0 Å². The summed E-state index contributed by atoms with van der Waals surface area (Å²) in [6, 6.07) is 13.7. The number of carbonyl (C=O) groups excluding carboxylic acids is 2. The Morgan fingerprint density at radius 1 is 0.970 bits per heavy atom. The van der Waals surface area contributed by atoms with E-state index in [1.165, 1.54) is 5.56 Å². The van der Waals surface area contributed by atoms with E-state index in [1.807, 2.05) is 30.3 Å². The van der Waals surface area contributed by atoms with Crippen molar-refractivity contribution in [3.63, 3.8) is 0 Å². The van der Waals surface area contributed by atoms with Crippen LogP contribution >= 0.6 is 0 Å². The van der Waals surface area contributed by atoms with Crippen molar-refractivity contribution in [3.05, 3.63) is 53.6 Å². The first kappa shape index (κ1) is 21.7. The standard InChI is InChI=1S/C25H29N3O5/c29-24-13-20(17-28(24)21-5-6-22-23(14-21)33-12-11-32-22)25(30)26-15-18-3-1-2-4-19(18)16-27-7-9-31-10-8-27/h1-6,14,20H,7-13,15-17H2,(H,26,30)/t20-/m1/s1. The van der Waals surface area contributed by atoms with Crippen molar-refractivity contribution in [1.82, 2.24) is 10.2 Å². The van der Waals surface area contributed by atoms with E-state index >= 15 is 0 Å². The number of carbonyl (C=O) groups is 2. The molecule has 0 aliphatic carbocycles. The average molecular weight is 452 g/mol. The summed E-state index contributed by atoms with van der Waals surface area (Å²) in [7, 11) is 0. The number of amides is 2. The number of hydrogen-bond acceptors (Lipinski definition) is 6. The number of nitrogens with zero attached hydrogens (tertiary/aromatic N) is 2. The number of ether oxygens (including phenoxy) is 3. The molecule has 2 aromatic rings. The van der Waals surface area contributed by atoms with Gasteiger partial charge in [-0.05, 0) is 23.3 Å². The zero-order valence-corrected chi connectivity index (χ0v) is 18.6. The second-order valence-corrected chi connectivity index (χ2v) is 8.61. The molecule has 3 aliphatic heterocycles. The fourth-order valence-corrected chi connectivity index (χ4v) is 4.54. The van der Waals surface area contributed by atoms with E-state index in [-0.39, 0.29) is 24.2 Å². The van der Waals surface area contributed by atoms with Crippen LogP contribution in [-0.4, -0.2) is 62.8 Å². The molecule has 174 valence electrons. The predicted octanol–water partition coefficient (Wildman–Crippen LogP) is 1.96. The summed E-state index contributed by atoms with van der Waals surface area (Å²) in [5.41, 5.74) is 3.04. The Hall–Kier alpha value is -3.10. The first-order chi connectivity index (χ1) is 16.2. The molecule has 3 heterocycles. The Balaban J connectivity index is 1.20. The van der Waals surface area contributed by atoms with Crippen LogP contribution in [0.5, 0.6) is 11.5 Å². The van der Waals surface area contributed by atoms with Gasteiger partial charge < -0.3 is 24.4 Å². The number of anilines is 1. The maximum Gasteiger partial charge on any atom is 0.227 e. The summed E-state index contributed by atoms with van der Waals surface area (Å²) < 4.78 is 16.6. The molecule has 1 atom stereocenters. The Morgan fingerprint density at radius 3 is 2.55 bits per heavy atom. The number of hydrogen-bond donors (Lipinski definition) is 1. The van der Waals surface area contributed by atoms with Gasteiger partial charge in [0.1, 0.15) is 13.2 Å². The van der Waals surface area contributed by atoms with E-state index in [9.17, 15) is 9.59 Å². The normalized spacial score (nSPS) is 20.7. The van der Waals surface area contributed by atoms with E-state index in [2.05, 4.69) is 22.3 Å². The molecule has 0 radical (unpaired) electrons. The lowest BCUT2D eigenvalue weighted by molar-refractivity contribution is -0.126. The van der Waals surface area contributed by atoms with Gasteiger partial charge in [0, 0.05) is 50.9 Å². The second-order valence-electron chi connectivity index (χ2n) is 8.61. The minimum atomic E-state index is -0.378. The second kappa shape index (κ2) is 9.80. The molecule has 0 spiro atoms. The molecule has 0 bridgehead atoms. The van der Waals surface area contributed by atoms with Gasteiger partial charge >= 0.3 is 0 Å². The van der Waals surface area contributed by atoms with Crippen molar-refractivity contribution < 1.29 is 23.8 Å². The molecule has 8 nitrogen and oxygen atoms in total. The summed E-state index contributed by atoms with van der Waals surface area (Å²) in [6.07, 6.45) is 0.204. The van der Waals surface area contributed by atoms with Crippen LogP contribution in [0, 0.1) is 5.92 Å². The monoisotopic (exact) mass is 451 g/mol. The zero-order chi connectivity index (χ0) is 22.6. The van der Waals surface area contributed by atoms with Gasteiger partial charge in [-0.1, -0.05) is 24.3 Å². The van der Waals surface area contributed by atoms with Gasteiger partial charge in [0.05, 0.1) is 19.1 Å². The molecule has 8 heteroatoms. The van der Waals surface area contributed by atoms with Gasteiger partial charge in [-0.2, -0.15) is 0 Å². The van der Waals surface area contributed by atoms with E-state index < -0.39 is 0 Å². The number of benzene rings is 2.